The second-order valence-electron chi connectivity index (χ2n) is 9.35. The molecule has 4 aromatic rings. The lowest BCUT2D eigenvalue weighted by atomic mass is 9.97. The summed E-state index contributed by atoms with van der Waals surface area (Å²) in [7, 11) is 1.44. The van der Waals surface area contributed by atoms with E-state index in [0.717, 1.165) is 16.9 Å². The Balaban J connectivity index is 1.55. The van der Waals surface area contributed by atoms with Gasteiger partial charge in [-0.3, -0.25) is 14.6 Å². The van der Waals surface area contributed by atoms with Gasteiger partial charge in [0, 0.05) is 42.9 Å². The molecule has 0 radical (unpaired) electrons. The summed E-state index contributed by atoms with van der Waals surface area (Å²) in [6.07, 6.45) is 0.309. The smallest absolute Gasteiger partial charge is 0.362 e. The number of alkyl halides is 3. The predicted octanol–water partition coefficient (Wildman–Crippen LogP) is 4.86. The van der Waals surface area contributed by atoms with Crippen molar-refractivity contribution in [2.24, 2.45) is 7.05 Å². The van der Waals surface area contributed by atoms with Crippen molar-refractivity contribution < 1.29 is 17.6 Å². The van der Waals surface area contributed by atoms with Gasteiger partial charge in [0.05, 0.1) is 23.2 Å². The van der Waals surface area contributed by atoms with Gasteiger partial charge in [0.25, 0.3) is 11.1 Å². The summed E-state index contributed by atoms with van der Waals surface area (Å²) in [6, 6.07) is 5.76. The van der Waals surface area contributed by atoms with Crippen molar-refractivity contribution in [3.05, 3.63) is 97.7 Å². The van der Waals surface area contributed by atoms with Crippen LogP contribution >= 0.6 is 0 Å². The molecule has 1 aliphatic carbocycles. The van der Waals surface area contributed by atoms with E-state index in [4.69, 9.17) is 0 Å². The maximum absolute atomic E-state index is 13.6. The number of aryl methyl sites for hydroxylation is 1. The fraction of sp³-hybridized carbons (Fsp3) is 0.308. The van der Waals surface area contributed by atoms with E-state index in [-0.39, 0.29) is 34.3 Å². The van der Waals surface area contributed by atoms with Crippen LogP contribution in [0.1, 0.15) is 53.6 Å². The summed E-state index contributed by atoms with van der Waals surface area (Å²) < 4.78 is 56.5. The number of hydrogen-bond donors (Lipinski definition) is 1. The summed E-state index contributed by atoms with van der Waals surface area (Å²) in [5.41, 5.74) is -0.406. The number of aromatic nitrogens is 4. The number of nitrogens with one attached hydrogen (secondary N) is 1. The van der Waals surface area contributed by atoms with Crippen LogP contribution in [-0.4, -0.2) is 19.3 Å². The maximum atomic E-state index is 13.6. The van der Waals surface area contributed by atoms with Crippen molar-refractivity contribution in [1.82, 2.24) is 19.3 Å². The Morgan fingerprint density at radius 3 is 2.59 bits per heavy atom. The Kier molecular flexibility index (Phi) is 5.88. The number of benzene rings is 1. The molecule has 0 bridgehead atoms. The van der Waals surface area contributed by atoms with Crippen LogP contribution in [0.25, 0.3) is 10.8 Å². The molecule has 0 saturated heterocycles. The average molecular weight is 513 g/mol. The first kappa shape index (κ1) is 24.7. The van der Waals surface area contributed by atoms with Gasteiger partial charge in [0.2, 0.25) is 0 Å². The van der Waals surface area contributed by atoms with E-state index in [2.05, 4.69) is 15.4 Å². The van der Waals surface area contributed by atoms with Crippen molar-refractivity contribution in [1.29, 1.82) is 0 Å². The number of rotatable bonds is 5. The molecule has 1 aromatic carbocycles. The molecular formula is C26H23F4N5O2. The van der Waals surface area contributed by atoms with Crippen molar-refractivity contribution in [2.75, 3.05) is 5.32 Å². The zero-order valence-corrected chi connectivity index (χ0v) is 20.2. The minimum Gasteiger partial charge on any atom is -0.362 e. The summed E-state index contributed by atoms with van der Waals surface area (Å²) in [5, 5.41) is 7.94. The Morgan fingerprint density at radius 1 is 1.14 bits per heavy atom. The minimum atomic E-state index is -4.49. The van der Waals surface area contributed by atoms with Crippen molar-refractivity contribution >= 4 is 16.6 Å². The molecule has 1 fully saturated rings. The number of hydrogen-bond acceptors (Lipinski definition) is 5. The van der Waals surface area contributed by atoms with Crippen LogP contribution in [0.4, 0.5) is 23.4 Å². The predicted molar refractivity (Wildman–Crippen MR) is 130 cm³/mol. The fourth-order valence-corrected chi connectivity index (χ4v) is 4.89. The SMILES string of the molecule is Cc1c([C@@H](C)Nc2nn(C)c(=O)c3cc(=O)n([C@@H]4C[C@H]4c4cncc(F)c4)cc23)cccc1C(F)(F)F. The first-order valence-corrected chi connectivity index (χ1v) is 11.6. The zero-order valence-electron chi connectivity index (χ0n) is 20.2. The van der Waals surface area contributed by atoms with E-state index in [1.807, 2.05) is 0 Å². The van der Waals surface area contributed by atoms with E-state index in [9.17, 15) is 27.2 Å². The van der Waals surface area contributed by atoms with Gasteiger partial charge in [-0.2, -0.15) is 18.3 Å². The quantitative estimate of drug-likeness (QED) is 0.386. The van der Waals surface area contributed by atoms with Crippen molar-refractivity contribution in [3.8, 4) is 0 Å². The van der Waals surface area contributed by atoms with Gasteiger partial charge in [0.15, 0.2) is 5.82 Å². The molecule has 192 valence electrons. The van der Waals surface area contributed by atoms with Crippen LogP contribution in [0.15, 0.2) is 58.5 Å². The molecule has 11 heteroatoms. The molecule has 0 amide bonds. The summed E-state index contributed by atoms with van der Waals surface area (Å²) >= 11 is 0. The molecule has 3 heterocycles. The van der Waals surface area contributed by atoms with E-state index in [1.54, 1.807) is 19.2 Å². The number of fused-ring (bicyclic) bond motifs is 1. The van der Waals surface area contributed by atoms with Crippen LogP contribution < -0.4 is 16.4 Å². The first-order valence-electron chi connectivity index (χ1n) is 11.6. The van der Waals surface area contributed by atoms with E-state index in [0.29, 0.717) is 22.9 Å². The Hall–Kier alpha value is -4.02. The number of anilines is 1. The molecule has 3 atom stereocenters. The molecule has 1 saturated carbocycles. The molecular weight excluding hydrogens is 490 g/mol. The Bertz CT molecular complexity index is 1640. The molecule has 1 aliphatic rings. The van der Waals surface area contributed by atoms with Crippen LogP contribution in [0, 0.1) is 12.7 Å². The van der Waals surface area contributed by atoms with Crippen molar-refractivity contribution in [3.63, 3.8) is 0 Å². The molecule has 37 heavy (non-hydrogen) atoms. The number of pyridine rings is 2. The van der Waals surface area contributed by atoms with E-state index < -0.39 is 29.2 Å². The van der Waals surface area contributed by atoms with E-state index in [1.165, 1.54) is 42.9 Å². The molecule has 5 rings (SSSR count). The van der Waals surface area contributed by atoms with Gasteiger partial charge in [-0.05, 0) is 49.1 Å². The Labute approximate surface area is 208 Å². The third-order valence-corrected chi connectivity index (χ3v) is 6.88. The lowest BCUT2D eigenvalue weighted by Crippen LogP contribution is -2.26. The van der Waals surface area contributed by atoms with Gasteiger partial charge in [-0.15, -0.1) is 0 Å². The summed E-state index contributed by atoms with van der Waals surface area (Å²) in [5.74, 6) is -0.326. The van der Waals surface area contributed by atoms with Gasteiger partial charge in [0.1, 0.15) is 5.82 Å². The average Bonchev–Trinajstić information content (AvgIpc) is 3.62. The highest BCUT2D eigenvalue weighted by molar-refractivity contribution is 5.90. The lowest BCUT2D eigenvalue weighted by molar-refractivity contribution is -0.138. The molecule has 0 spiro atoms. The molecule has 7 nitrogen and oxygen atoms in total. The molecule has 1 N–H and O–H groups in total. The third kappa shape index (κ3) is 4.49. The van der Waals surface area contributed by atoms with E-state index >= 15 is 0 Å². The van der Waals surface area contributed by atoms with Gasteiger partial charge < -0.3 is 9.88 Å². The fourth-order valence-electron chi connectivity index (χ4n) is 4.89. The molecule has 0 unspecified atom stereocenters. The first-order chi connectivity index (χ1) is 17.5. The highest BCUT2D eigenvalue weighted by atomic mass is 19.4. The zero-order chi connectivity index (χ0) is 26.6. The normalized spacial score (nSPS) is 18.1. The number of nitrogens with zero attached hydrogens (tertiary/aromatic N) is 4. The van der Waals surface area contributed by atoms with Crippen LogP contribution in [0.3, 0.4) is 0 Å². The highest BCUT2D eigenvalue weighted by Crippen LogP contribution is 2.50. The van der Waals surface area contributed by atoms with Crippen LogP contribution in [-0.2, 0) is 13.2 Å². The summed E-state index contributed by atoms with van der Waals surface area (Å²) in [6.45, 7) is 3.11. The number of halogens is 4. The lowest BCUT2D eigenvalue weighted by Gasteiger charge is -2.21. The Morgan fingerprint density at radius 2 is 1.89 bits per heavy atom. The molecule has 3 aromatic heterocycles. The highest BCUT2D eigenvalue weighted by Gasteiger charge is 2.41. The summed E-state index contributed by atoms with van der Waals surface area (Å²) in [4.78, 5) is 29.6. The minimum absolute atomic E-state index is 0.0885. The van der Waals surface area contributed by atoms with Gasteiger partial charge in [-0.1, -0.05) is 12.1 Å². The van der Waals surface area contributed by atoms with Crippen molar-refractivity contribution in [2.45, 2.75) is 44.4 Å². The van der Waals surface area contributed by atoms with Gasteiger partial charge in [-0.25, -0.2) is 9.07 Å². The van der Waals surface area contributed by atoms with Crippen LogP contribution in [0.5, 0.6) is 0 Å². The second kappa shape index (κ2) is 8.82. The monoisotopic (exact) mass is 513 g/mol. The topological polar surface area (TPSA) is 81.8 Å². The third-order valence-electron chi connectivity index (χ3n) is 6.88. The molecule has 0 aliphatic heterocycles. The second-order valence-corrected chi connectivity index (χ2v) is 9.35. The largest absolute Gasteiger partial charge is 0.416 e. The standard InChI is InChI=1S/C26H23F4N5O2/c1-13-17(5-4-6-21(13)26(28,29)30)14(2)32-24-20-12-35(23(36)9-19(20)25(37)34(3)33-24)22-8-18(22)15-7-16(27)11-31-10-15/h4-7,9-12,14,18,22H,8H2,1-3H3,(H,32,33)/t14-,18+,22-/m1/s1. The van der Waals surface area contributed by atoms with Gasteiger partial charge >= 0.3 is 6.18 Å². The van der Waals surface area contributed by atoms with Crippen LogP contribution in [0.2, 0.25) is 0 Å². The maximum Gasteiger partial charge on any atom is 0.416 e.